The Balaban J connectivity index is 3.06. The van der Waals surface area contributed by atoms with Crippen LogP contribution in [0.15, 0.2) is 6.20 Å². The normalized spacial score (nSPS) is 9.93. The fourth-order valence-electron chi connectivity index (χ4n) is 0.990. The van der Waals surface area contributed by atoms with Crippen molar-refractivity contribution in [3.8, 4) is 0 Å². The minimum absolute atomic E-state index is 0.151. The largest absolute Gasteiger partial charge is 0.478 e. The summed E-state index contributed by atoms with van der Waals surface area (Å²) in [5, 5.41) is 8.76. The van der Waals surface area contributed by atoms with Crippen molar-refractivity contribution >= 4 is 11.9 Å². The van der Waals surface area contributed by atoms with Gasteiger partial charge in [0.25, 0.3) is 0 Å². The second kappa shape index (κ2) is 4.04. The average Bonchev–Trinajstić information content (AvgIpc) is 2.15. The van der Waals surface area contributed by atoms with Gasteiger partial charge in [0.2, 0.25) is 5.95 Å². The summed E-state index contributed by atoms with van der Waals surface area (Å²) >= 11 is 0. The van der Waals surface area contributed by atoms with E-state index in [0.29, 0.717) is 11.6 Å². The van der Waals surface area contributed by atoms with Gasteiger partial charge in [0.1, 0.15) is 0 Å². The third kappa shape index (κ3) is 1.99. The number of rotatable bonds is 3. The van der Waals surface area contributed by atoms with Crippen LogP contribution in [0.3, 0.4) is 0 Å². The molecule has 1 aromatic heterocycles. The van der Waals surface area contributed by atoms with Crippen molar-refractivity contribution in [2.45, 2.75) is 13.8 Å². The van der Waals surface area contributed by atoms with Crippen LogP contribution in [0, 0.1) is 6.92 Å². The van der Waals surface area contributed by atoms with E-state index >= 15 is 0 Å². The molecule has 0 aliphatic heterocycles. The topological polar surface area (TPSA) is 66.3 Å². The van der Waals surface area contributed by atoms with Crippen molar-refractivity contribution in [3.05, 3.63) is 17.5 Å². The summed E-state index contributed by atoms with van der Waals surface area (Å²) < 4.78 is 0. The zero-order valence-electron chi connectivity index (χ0n) is 8.48. The SMILES string of the molecule is CCN(C)c1ncc(C(=O)O)c(C)n1. The summed E-state index contributed by atoms with van der Waals surface area (Å²) in [4.78, 5) is 20.6. The van der Waals surface area contributed by atoms with E-state index in [1.807, 2.05) is 18.9 Å². The zero-order chi connectivity index (χ0) is 10.7. The molecule has 0 radical (unpaired) electrons. The Hall–Kier alpha value is -1.65. The van der Waals surface area contributed by atoms with Gasteiger partial charge < -0.3 is 10.0 Å². The van der Waals surface area contributed by atoms with E-state index in [4.69, 9.17) is 5.11 Å². The summed E-state index contributed by atoms with van der Waals surface area (Å²) in [6.45, 7) is 4.42. The van der Waals surface area contributed by atoms with Crippen molar-refractivity contribution in [1.29, 1.82) is 0 Å². The first-order valence-electron chi connectivity index (χ1n) is 4.34. The number of carboxylic acid groups (broad SMARTS) is 1. The van der Waals surface area contributed by atoms with Crippen LogP contribution in [0.1, 0.15) is 23.0 Å². The molecule has 1 rings (SSSR count). The van der Waals surface area contributed by atoms with Gasteiger partial charge in [-0.25, -0.2) is 14.8 Å². The van der Waals surface area contributed by atoms with Gasteiger partial charge in [0.05, 0.1) is 11.3 Å². The second-order valence-electron chi connectivity index (χ2n) is 2.99. The van der Waals surface area contributed by atoms with Gasteiger partial charge in [0, 0.05) is 19.8 Å². The van der Waals surface area contributed by atoms with Crippen LogP contribution in [0.2, 0.25) is 0 Å². The molecule has 76 valence electrons. The molecule has 0 aliphatic rings. The number of carboxylic acids is 1. The predicted molar refractivity (Wildman–Crippen MR) is 52.7 cm³/mol. The molecular weight excluding hydrogens is 182 g/mol. The molecule has 0 amide bonds. The number of hydrogen-bond donors (Lipinski definition) is 1. The van der Waals surface area contributed by atoms with Crippen LogP contribution in [0.5, 0.6) is 0 Å². The fraction of sp³-hybridized carbons (Fsp3) is 0.444. The number of aromatic carboxylic acids is 1. The van der Waals surface area contributed by atoms with Gasteiger partial charge in [-0.1, -0.05) is 0 Å². The lowest BCUT2D eigenvalue weighted by Crippen LogP contribution is -2.19. The smallest absolute Gasteiger partial charge is 0.339 e. The van der Waals surface area contributed by atoms with E-state index in [1.165, 1.54) is 6.20 Å². The number of nitrogens with zero attached hydrogens (tertiary/aromatic N) is 3. The molecule has 0 fully saturated rings. The highest BCUT2D eigenvalue weighted by molar-refractivity contribution is 5.88. The minimum atomic E-state index is -0.992. The Labute approximate surface area is 82.4 Å². The maximum Gasteiger partial charge on any atom is 0.339 e. The first-order valence-corrected chi connectivity index (χ1v) is 4.34. The van der Waals surface area contributed by atoms with Crippen molar-refractivity contribution < 1.29 is 9.90 Å². The molecule has 0 aliphatic carbocycles. The molecule has 5 nitrogen and oxygen atoms in total. The van der Waals surface area contributed by atoms with Gasteiger partial charge in [-0.2, -0.15) is 0 Å². The number of anilines is 1. The zero-order valence-corrected chi connectivity index (χ0v) is 8.48. The summed E-state index contributed by atoms with van der Waals surface area (Å²) in [5.41, 5.74) is 0.640. The molecule has 0 bridgehead atoms. The third-order valence-corrected chi connectivity index (χ3v) is 2.01. The molecule has 0 saturated heterocycles. The first-order chi connectivity index (χ1) is 6.56. The molecule has 1 aromatic rings. The van der Waals surface area contributed by atoms with E-state index in [9.17, 15) is 4.79 Å². The lowest BCUT2D eigenvalue weighted by Gasteiger charge is -2.14. The minimum Gasteiger partial charge on any atom is -0.478 e. The Bertz CT molecular complexity index is 352. The summed E-state index contributed by atoms with van der Waals surface area (Å²) in [6.07, 6.45) is 1.34. The van der Waals surface area contributed by atoms with Gasteiger partial charge in [0.15, 0.2) is 0 Å². The Kier molecular flexibility index (Phi) is 3.01. The first kappa shape index (κ1) is 10.4. The van der Waals surface area contributed by atoms with E-state index in [1.54, 1.807) is 6.92 Å². The second-order valence-corrected chi connectivity index (χ2v) is 2.99. The molecule has 0 aromatic carbocycles. The Morgan fingerprint density at radius 1 is 1.64 bits per heavy atom. The molecule has 0 saturated carbocycles. The summed E-state index contributed by atoms with van der Waals surface area (Å²) in [7, 11) is 1.86. The Morgan fingerprint density at radius 2 is 2.29 bits per heavy atom. The summed E-state index contributed by atoms with van der Waals surface area (Å²) in [6, 6.07) is 0. The van der Waals surface area contributed by atoms with E-state index in [0.717, 1.165) is 6.54 Å². The van der Waals surface area contributed by atoms with Crippen LogP contribution in [-0.2, 0) is 0 Å². The van der Waals surface area contributed by atoms with E-state index < -0.39 is 5.97 Å². The maximum absolute atomic E-state index is 10.7. The van der Waals surface area contributed by atoms with E-state index in [2.05, 4.69) is 9.97 Å². The average molecular weight is 195 g/mol. The quantitative estimate of drug-likeness (QED) is 0.777. The number of carbonyl (C=O) groups is 1. The number of hydrogen-bond acceptors (Lipinski definition) is 4. The third-order valence-electron chi connectivity index (χ3n) is 2.01. The molecule has 1 N–H and O–H groups in total. The molecule has 14 heavy (non-hydrogen) atoms. The molecule has 1 heterocycles. The highest BCUT2D eigenvalue weighted by Crippen LogP contribution is 2.09. The van der Waals surface area contributed by atoms with Crippen LogP contribution in [0.4, 0.5) is 5.95 Å². The molecule has 5 heteroatoms. The van der Waals surface area contributed by atoms with Crippen molar-refractivity contribution in [1.82, 2.24) is 9.97 Å². The molecule has 0 atom stereocenters. The Morgan fingerprint density at radius 3 is 2.71 bits per heavy atom. The van der Waals surface area contributed by atoms with Gasteiger partial charge >= 0.3 is 5.97 Å². The van der Waals surface area contributed by atoms with E-state index in [-0.39, 0.29) is 5.56 Å². The van der Waals surface area contributed by atoms with Gasteiger partial charge in [-0.05, 0) is 13.8 Å². The van der Waals surface area contributed by atoms with Crippen molar-refractivity contribution in [2.24, 2.45) is 0 Å². The van der Waals surface area contributed by atoms with Crippen molar-refractivity contribution in [2.75, 3.05) is 18.5 Å². The molecular formula is C9H13N3O2. The highest BCUT2D eigenvalue weighted by Gasteiger charge is 2.10. The standard InChI is InChI=1S/C9H13N3O2/c1-4-12(3)9-10-5-7(8(13)14)6(2)11-9/h5H,4H2,1-3H3,(H,13,14). The molecule has 0 unspecified atom stereocenters. The fourth-order valence-corrected chi connectivity index (χ4v) is 0.990. The van der Waals surface area contributed by atoms with Gasteiger partial charge in [-0.3, -0.25) is 0 Å². The lowest BCUT2D eigenvalue weighted by molar-refractivity contribution is 0.0695. The number of aromatic nitrogens is 2. The van der Waals surface area contributed by atoms with Gasteiger partial charge in [-0.15, -0.1) is 0 Å². The highest BCUT2D eigenvalue weighted by atomic mass is 16.4. The lowest BCUT2D eigenvalue weighted by atomic mass is 10.2. The van der Waals surface area contributed by atoms with Crippen LogP contribution < -0.4 is 4.90 Å². The summed E-state index contributed by atoms with van der Waals surface area (Å²) in [5.74, 6) is -0.441. The monoisotopic (exact) mass is 195 g/mol. The molecule has 0 spiro atoms. The van der Waals surface area contributed by atoms with Crippen LogP contribution in [-0.4, -0.2) is 34.6 Å². The van der Waals surface area contributed by atoms with Crippen LogP contribution in [0.25, 0.3) is 0 Å². The van der Waals surface area contributed by atoms with Crippen molar-refractivity contribution in [3.63, 3.8) is 0 Å². The predicted octanol–water partition coefficient (Wildman–Crippen LogP) is 0.939. The number of aryl methyl sites for hydroxylation is 1. The maximum atomic E-state index is 10.7. The van der Waals surface area contributed by atoms with Crippen LogP contribution >= 0.6 is 0 Å².